The minimum absolute atomic E-state index is 0.0785. The van der Waals surface area contributed by atoms with Crippen LogP contribution in [0, 0.1) is 18.2 Å². The van der Waals surface area contributed by atoms with Crippen LogP contribution >= 0.6 is 0 Å². The van der Waals surface area contributed by atoms with Crippen LogP contribution < -0.4 is 5.32 Å². The first-order chi connectivity index (χ1) is 9.57. The molecule has 1 fully saturated rings. The molecule has 1 aliphatic rings. The van der Waals surface area contributed by atoms with Gasteiger partial charge in [0.2, 0.25) is 0 Å². The molecule has 1 nitrogen and oxygen atoms in total. The third-order valence-electron chi connectivity index (χ3n) is 4.82. The van der Waals surface area contributed by atoms with Crippen molar-refractivity contribution in [3.05, 3.63) is 35.1 Å². The Morgan fingerprint density at radius 2 is 1.95 bits per heavy atom. The molecule has 2 rings (SSSR count). The molecule has 1 unspecified atom stereocenters. The van der Waals surface area contributed by atoms with Gasteiger partial charge < -0.3 is 5.32 Å². The van der Waals surface area contributed by atoms with E-state index in [0.29, 0.717) is 0 Å². The van der Waals surface area contributed by atoms with E-state index in [-0.39, 0.29) is 17.3 Å². The largest absolute Gasteiger partial charge is 0.309 e. The minimum atomic E-state index is -0.0785. The minimum Gasteiger partial charge on any atom is -0.309 e. The van der Waals surface area contributed by atoms with Gasteiger partial charge in [-0.1, -0.05) is 45.2 Å². The number of hydrogen-bond acceptors (Lipinski definition) is 1. The van der Waals surface area contributed by atoms with Crippen LogP contribution in [0.2, 0.25) is 0 Å². The standard InChI is InChI=1S/C18H28FN/c1-4-12-20-17(18(3)10-6-5-7-11-18)15-9-8-14(2)16(19)13-15/h8-9,13,17,20H,4-7,10-12H2,1-3H3. The summed E-state index contributed by atoms with van der Waals surface area (Å²) in [5, 5.41) is 3.68. The molecule has 2 heteroatoms. The Kier molecular flexibility index (Phi) is 5.20. The van der Waals surface area contributed by atoms with Crippen molar-refractivity contribution in [2.45, 2.75) is 65.3 Å². The molecule has 1 saturated carbocycles. The smallest absolute Gasteiger partial charge is 0.126 e. The van der Waals surface area contributed by atoms with Crippen molar-refractivity contribution in [3.63, 3.8) is 0 Å². The lowest BCUT2D eigenvalue weighted by molar-refractivity contribution is 0.144. The molecular weight excluding hydrogens is 249 g/mol. The average Bonchev–Trinajstić information content (AvgIpc) is 2.43. The number of rotatable bonds is 5. The Balaban J connectivity index is 2.28. The van der Waals surface area contributed by atoms with Crippen LogP contribution in [0.5, 0.6) is 0 Å². The van der Waals surface area contributed by atoms with Gasteiger partial charge in [-0.2, -0.15) is 0 Å². The Hall–Kier alpha value is -0.890. The number of benzene rings is 1. The number of nitrogens with one attached hydrogen (secondary N) is 1. The van der Waals surface area contributed by atoms with Crippen molar-refractivity contribution >= 4 is 0 Å². The summed E-state index contributed by atoms with van der Waals surface area (Å²) in [5.74, 6) is -0.0785. The molecule has 0 radical (unpaired) electrons. The van der Waals surface area contributed by atoms with Crippen LogP contribution in [-0.4, -0.2) is 6.54 Å². The zero-order chi connectivity index (χ0) is 14.6. The summed E-state index contributed by atoms with van der Waals surface area (Å²) in [5.41, 5.74) is 2.11. The van der Waals surface area contributed by atoms with Gasteiger partial charge in [0.1, 0.15) is 5.82 Å². The summed E-state index contributed by atoms with van der Waals surface area (Å²) in [4.78, 5) is 0. The molecule has 20 heavy (non-hydrogen) atoms. The lowest BCUT2D eigenvalue weighted by atomic mass is 9.68. The summed E-state index contributed by atoms with van der Waals surface area (Å²) in [6.07, 6.45) is 7.54. The zero-order valence-electron chi connectivity index (χ0n) is 13.1. The summed E-state index contributed by atoms with van der Waals surface area (Å²) in [7, 11) is 0. The van der Waals surface area contributed by atoms with Gasteiger partial charge in [-0.15, -0.1) is 0 Å². The fourth-order valence-electron chi connectivity index (χ4n) is 3.49. The van der Waals surface area contributed by atoms with Crippen LogP contribution in [0.15, 0.2) is 18.2 Å². The third kappa shape index (κ3) is 3.41. The molecule has 1 aliphatic carbocycles. The summed E-state index contributed by atoms with van der Waals surface area (Å²) in [6.45, 7) is 7.38. The van der Waals surface area contributed by atoms with Gasteiger partial charge in [-0.3, -0.25) is 0 Å². The molecule has 0 aliphatic heterocycles. The van der Waals surface area contributed by atoms with Crippen molar-refractivity contribution in [3.8, 4) is 0 Å². The monoisotopic (exact) mass is 277 g/mol. The third-order valence-corrected chi connectivity index (χ3v) is 4.82. The predicted molar refractivity (Wildman–Crippen MR) is 83.4 cm³/mol. The van der Waals surface area contributed by atoms with Crippen LogP contribution in [0.4, 0.5) is 4.39 Å². The first-order valence-electron chi connectivity index (χ1n) is 8.06. The molecule has 0 spiro atoms. The predicted octanol–water partition coefficient (Wildman–Crippen LogP) is 5.15. The molecule has 1 N–H and O–H groups in total. The van der Waals surface area contributed by atoms with Crippen LogP contribution in [0.25, 0.3) is 0 Å². The fraction of sp³-hybridized carbons (Fsp3) is 0.667. The molecule has 1 aromatic carbocycles. The number of halogens is 1. The SMILES string of the molecule is CCCNC(c1ccc(C)c(F)c1)C1(C)CCCCC1. The van der Waals surface area contributed by atoms with E-state index >= 15 is 0 Å². The fourth-order valence-corrected chi connectivity index (χ4v) is 3.49. The van der Waals surface area contributed by atoms with Gasteiger partial charge in [0, 0.05) is 6.04 Å². The van der Waals surface area contributed by atoms with Crippen molar-refractivity contribution < 1.29 is 4.39 Å². The second-order valence-corrected chi connectivity index (χ2v) is 6.61. The van der Waals surface area contributed by atoms with E-state index < -0.39 is 0 Å². The maximum absolute atomic E-state index is 13.9. The first kappa shape index (κ1) is 15.5. The molecule has 1 atom stereocenters. The highest BCUT2D eigenvalue weighted by molar-refractivity contribution is 5.27. The molecule has 0 heterocycles. The van der Waals surface area contributed by atoms with Gasteiger partial charge >= 0.3 is 0 Å². The highest BCUT2D eigenvalue weighted by Crippen LogP contribution is 2.45. The van der Waals surface area contributed by atoms with Crippen LogP contribution in [0.1, 0.15) is 69.5 Å². The second-order valence-electron chi connectivity index (χ2n) is 6.61. The zero-order valence-corrected chi connectivity index (χ0v) is 13.1. The van der Waals surface area contributed by atoms with Crippen molar-refractivity contribution in [1.29, 1.82) is 0 Å². The highest BCUT2D eigenvalue weighted by atomic mass is 19.1. The lowest BCUT2D eigenvalue weighted by Gasteiger charge is -2.41. The molecular formula is C18H28FN. The van der Waals surface area contributed by atoms with Crippen molar-refractivity contribution in [2.24, 2.45) is 5.41 Å². The molecule has 0 saturated heterocycles. The van der Waals surface area contributed by atoms with E-state index in [2.05, 4.69) is 25.2 Å². The highest BCUT2D eigenvalue weighted by Gasteiger charge is 2.36. The maximum Gasteiger partial charge on any atom is 0.126 e. The maximum atomic E-state index is 13.9. The van der Waals surface area contributed by atoms with E-state index in [0.717, 1.165) is 24.1 Å². The average molecular weight is 277 g/mol. The Morgan fingerprint density at radius 1 is 1.25 bits per heavy atom. The van der Waals surface area contributed by atoms with Crippen LogP contribution in [0.3, 0.4) is 0 Å². The number of hydrogen-bond donors (Lipinski definition) is 1. The van der Waals surface area contributed by atoms with E-state index in [9.17, 15) is 4.39 Å². The van der Waals surface area contributed by atoms with Crippen molar-refractivity contribution in [2.75, 3.05) is 6.54 Å². The second kappa shape index (κ2) is 6.71. The van der Waals surface area contributed by atoms with Gasteiger partial charge in [0.05, 0.1) is 0 Å². The van der Waals surface area contributed by atoms with E-state index in [1.54, 1.807) is 6.07 Å². The topological polar surface area (TPSA) is 12.0 Å². The quantitative estimate of drug-likeness (QED) is 0.785. The van der Waals surface area contributed by atoms with Gasteiger partial charge in [0.15, 0.2) is 0 Å². The summed E-state index contributed by atoms with van der Waals surface area (Å²) in [6, 6.07) is 6.03. The molecule has 112 valence electrons. The van der Waals surface area contributed by atoms with Gasteiger partial charge in [-0.05, 0) is 55.3 Å². The van der Waals surface area contributed by atoms with Crippen molar-refractivity contribution in [1.82, 2.24) is 5.32 Å². The first-order valence-corrected chi connectivity index (χ1v) is 8.06. The van der Waals surface area contributed by atoms with E-state index in [1.165, 1.54) is 32.1 Å². The lowest BCUT2D eigenvalue weighted by Crippen LogP contribution is -2.38. The Bertz CT molecular complexity index is 435. The molecule has 1 aromatic rings. The summed E-state index contributed by atoms with van der Waals surface area (Å²) >= 11 is 0. The Morgan fingerprint density at radius 3 is 2.55 bits per heavy atom. The Labute approximate surface area is 123 Å². The number of aryl methyl sites for hydroxylation is 1. The normalized spacial score (nSPS) is 19.8. The van der Waals surface area contributed by atoms with Gasteiger partial charge in [0.25, 0.3) is 0 Å². The van der Waals surface area contributed by atoms with Crippen LogP contribution in [-0.2, 0) is 0 Å². The molecule has 0 aromatic heterocycles. The molecule has 0 bridgehead atoms. The summed E-state index contributed by atoms with van der Waals surface area (Å²) < 4.78 is 13.9. The molecule has 0 amide bonds. The van der Waals surface area contributed by atoms with E-state index in [1.807, 2.05) is 13.0 Å². The van der Waals surface area contributed by atoms with E-state index in [4.69, 9.17) is 0 Å². The van der Waals surface area contributed by atoms with Gasteiger partial charge in [-0.25, -0.2) is 4.39 Å².